The molecule has 2 rings (SSSR count). The summed E-state index contributed by atoms with van der Waals surface area (Å²) in [6.07, 6.45) is 27.9. The third-order valence-electron chi connectivity index (χ3n) is 6.93. The highest BCUT2D eigenvalue weighted by molar-refractivity contribution is 4.91. The summed E-state index contributed by atoms with van der Waals surface area (Å²) in [5.41, 5.74) is 0. The Kier molecular flexibility index (Phi) is 11.7. The van der Waals surface area contributed by atoms with Gasteiger partial charge in [0.25, 0.3) is 0 Å². The van der Waals surface area contributed by atoms with Crippen molar-refractivity contribution < 1.29 is 4.74 Å². The van der Waals surface area contributed by atoms with E-state index in [-0.39, 0.29) is 0 Å². The fraction of sp³-hybridized carbons (Fsp3) is 0.920. The van der Waals surface area contributed by atoms with Crippen LogP contribution < -0.4 is 0 Å². The maximum Gasteiger partial charge on any atom is 0.0651 e. The van der Waals surface area contributed by atoms with Crippen LogP contribution in [0, 0.1) is 17.8 Å². The van der Waals surface area contributed by atoms with E-state index in [2.05, 4.69) is 26.0 Å². The quantitative estimate of drug-likeness (QED) is 0.252. The maximum atomic E-state index is 6.12. The van der Waals surface area contributed by atoms with E-state index >= 15 is 0 Å². The second-order valence-electron chi connectivity index (χ2n) is 9.18. The van der Waals surface area contributed by atoms with Crippen molar-refractivity contribution >= 4 is 0 Å². The standard InChI is InChI=1S/C25H46O/c1-3-5-6-7-8-11-23-13-15-24(16-14-23)12-9-21-26-25-19-17-22(10-4-2)18-20-25/h9,12,22-25H,3-8,10-11,13-21H2,1-2H3. The van der Waals surface area contributed by atoms with Crippen molar-refractivity contribution in [3.05, 3.63) is 12.2 Å². The van der Waals surface area contributed by atoms with Crippen LogP contribution >= 0.6 is 0 Å². The number of hydrogen-bond donors (Lipinski definition) is 0. The monoisotopic (exact) mass is 362 g/mol. The highest BCUT2D eigenvalue weighted by atomic mass is 16.5. The van der Waals surface area contributed by atoms with Gasteiger partial charge >= 0.3 is 0 Å². The van der Waals surface area contributed by atoms with Crippen LogP contribution in [0.2, 0.25) is 0 Å². The third-order valence-corrected chi connectivity index (χ3v) is 6.93. The van der Waals surface area contributed by atoms with Gasteiger partial charge in [0.1, 0.15) is 0 Å². The molecule has 2 aliphatic carbocycles. The van der Waals surface area contributed by atoms with Gasteiger partial charge < -0.3 is 4.74 Å². The lowest BCUT2D eigenvalue weighted by molar-refractivity contribution is 0.0333. The molecule has 152 valence electrons. The third kappa shape index (κ3) is 9.07. The Hall–Kier alpha value is -0.300. The van der Waals surface area contributed by atoms with Crippen LogP contribution in [0.25, 0.3) is 0 Å². The zero-order valence-electron chi connectivity index (χ0n) is 17.9. The molecule has 0 aromatic carbocycles. The van der Waals surface area contributed by atoms with Crippen molar-refractivity contribution in [1.82, 2.24) is 0 Å². The molecule has 2 fully saturated rings. The summed E-state index contributed by atoms with van der Waals surface area (Å²) >= 11 is 0. The smallest absolute Gasteiger partial charge is 0.0651 e. The van der Waals surface area contributed by atoms with E-state index in [9.17, 15) is 0 Å². The fourth-order valence-corrected chi connectivity index (χ4v) is 5.14. The zero-order chi connectivity index (χ0) is 18.5. The molecule has 26 heavy (non-hydrogen) atoms. The maximum absolute atomic E-state index is 6.12. The van der Waals surface area contributed by atoms with Crippen molar-refractivity contribution in [1.29, 1.82) is 0 Å². The van der Waals surface area contributed by atoms with Crippen LogP contribution in [0.5, 0.6) is 0 Å². The lowest BCUT2D eigenvalue weighted by atomic mass is 9.79. The molecule has 0 spiro atoms. The van der Waals surface area contributed by atoms with Gasteiger partial charge in [0, 0.05) is 0 Å². The van der Waals surface area contributed by atoms with Crippen LogP contribution in [0.4, 0.5) is 0 Å². The first-order valence-corrected chi connectivity index (χ1v) is 12.1. The molecule has 0 heterocycles. The van der Waals surface area contributed by atoms with Crippen LogP contribution in [0.3, 0.4) is 0 Å². The number of unbranched alkanes of at least 4 members (excludes halogenated alkanes) is 4. The number of ether oxygens (including phenoxy) is 1. The Morgan fingerprint density at radius 2 is 1.35 bits per heavy atom. The van der Waals surface area contributed by atoms with E-state index in [0.717, 1.165) is 24.4 Å². The number of rotatable bonds is 12. The minimum absolute atomic E-state index is 0.538. The first-order chi connectivity index (χ1) is 12.8. The fourth-order valence-electron chi connectivity index (χ4n) is 5.14. The van der Waals surface area contributed by atoms with Crippen molar-refractivity contribution in [2.24, 2.45) is 17.8 Å². The van der Waals surface area contributed by atoms with Crippen LogP contribution in [0.1, 0.15) is 117 Å². The Morgan fingerprint density at radius 1 is 0.692 bits per heavy atom. The molecule has 1 nitrogen and oxygen atoms in total. The highest BCUT2D eigenvalue weighted by Crippen LogP contribution is 2.33. The average Bonchev–Trinajstić information content (AvgIpc) is 2.68. The Balaban J connectivity index is 1.48. The lowest BCUT2D eigenvalue weighted by Crippen LogP contribution is -2.21. The Bertz CT molecular complexity index is 345. The van der Waals surface area contributed by atoms with Gasteiger partial charge in [-0.2, -0.15) is 0 Å². The van der Waals surface area contributed by atoms with Crippen LogP contribution in [-0.4, -0.2) is 12.7 Å². The molecule has 0 aromatic heterocycles. The number of allylic oxidation sites excluding steroid dienone is 1. The largest absolute Gasteiger partial charge is 0.374 e. The van der Waals surface area contributed by atoms with Gasteiger partial charge in [-0.25, -0.2) is 0 Å². The summed E-state index contributed by atoms with van der Waals surface area (Å²) in [6, 6.07) is 0. The van der Waals surface area contributed by atoms with E-state index in [1.54, 1.807) is 0 Å². The predicted molar refractivity (Wildman–Crippen MR) is 115 cm³/mol. The molecule has 0 radical (unpaired) electrons. The summed E-state index contributed by atoms with van der Waals surface area (Å²) in [4.78, 5) is 0. The molecule has 0 saturated heterocycles. The second-order valence-corrected chi connectivity index (χ2v) is 9.18. The van der Waals surface area contributed by atoms with E-state index in [1.807, 2.05) is 0 Å². The van der Waals surface area contributed by atoms with E-state index in [0.29, 0.717) is 6.10 Å². The SMILES string of the molecule is CCCCCCCC1CCC(C=CCOC2CCC(CCC)CC2)CC1. The van der Waals surface area contributed by atoms with Crippen molar-refractivity contribution in [2.45, 2.75) is 123 Å². The zero-order valence-corrected chi connectivity index (χ0v) is 17.9. The van der Waals surface area contributed by atoms with Gasteiger partial charge in [0.15, 0.2) is 0 Å². The van der Waals surface area contributed by atoms with Gasteiger partial charge in [-0.3, -0.25) is 0 Å². The summed E-state index contributed by atoms with van der Waals surface area (Å²) in [6.45, 7) is 5.47. The normalized spacial score (nSPS) is 30.1. The minimum atomic E-state index is 0.538. The van der Waals surface area contributed by atoms with Gasteiger partial charge in [-0.05, 0) is 69.1 Å². The van der Waals surface area contributed by atoms with Gasteiger partial charge in [0.2, 0.25) is 0 Å². The van der Waals surface area contributed by atoms with Crippen molar-refractivity contribution in [3.63, 3.8) is 0 Å². The first kappa shape index (κ1) is 22.0. The second kappa shape index (κ2) is 13.8. The summed E-state index contributed by atoms with van der Waals surface area (Å²) in [5, 5.41) is 0. The van der Waals surface area contributed by atoms with Crippen molar-refractivity contribution in [2.75, 3.05) is 6.61 Å². The molecule has 0 aromatic rings. The predicted octanol–water partition coefficient (Wildman–Crippen LogP) is 8.09. The number of hydrogen-bond acceptors (Lipinski definition) is 1. The summed E-state index contributed by atoms with van der Waals surface area (Å²) < 4.78 is 6.12. The molecular weight excluding hydrogens is 316 g/mol. The minimum Gasteiger partial charge on any atom is -0.374 e. The first-order valence-electron chi connectivity index (χ1n) is 12.1. The Morgan fingerprint density at radius 3 is 2.04 bits per heavy atom. The molecule has 1 heteroatoms. The average molecular weight is 363 g/mol. The lowest BCUT2D eigenvalue weighted by Gasteiger charge is -2.28. The Labute approximate surface area is 164 Å². The van der Waals surface area contributed by atoms with Crippen molar-refractivity contribution in [3.8, 4) is 0 Å². The van der Waals surface area contributed by atoms with Gasteiger partial charge in [-0.15, -0.1) is 0 Å². The van der Waals surface area contributed by atoms with E-state index in [4.69, 9.17) is 4.74 Å². The summed E-state index contributed by atoms with van der Waals surface area (Å²) in [5.74, 6) is 2.84. The van der Waals surface area contributed by atoms with Gasteiger partial charge in [-0.1, -0.05) is 77.4 Å². The van der Waals surface area contributed by atoms with E-state index < -0.39 is 0 Å². The molecule has 0 bridgehead atoms. The summed E-state index contributed by atoms with van der Waals surface area (Å²) in [7, 11) is 0. The van der Waals surface area contributed by atoms with E-state index in [1.165, 1.54) is 103 Å². The molecule has 0 atom stereocenters. The van der Waals surface area contributed by atoms with Gasteiger partial charge in [0.05, 0.1) is 12.7 Å². The molecule has 0 amide bonds. The van der Waals surface area contributed by atoms with Crippen LogP contribution in [-0.2, 0) is 4.74 Å². The molecular formula is C25H46O. The highest BCUT2D eigenvalue weighted by Gasteiger charge is 2.21. The molecule has 2 saturated carbocycles. The molecule has 0 N–H and O–H groups in total. The molecule has 2 aliphatic rings. The molecule has 0 aliphatic heterocycles. The molecule has 0 unspecified atom stereocenters. The topological polar surface area (TPSA) is 9.23 Å². The van der Waals surface area contributed by atoms with Crippen LogP contribution in [0.15, 0.2) is 12.2 Å².